The van der Waals surface area contributed by atoms with Gasteiger partial charge in [0.1, 0.15) is 0 Å². The first-order valence-electron chi connectivity index (χ1n) is 8.29. The van der Waals surface area contributed by atoms with Gasteiger partial charge in [-0.3, -0.25) is 0 Å². The minimum absolute atomic E-state index is 0.551. The first-order valence-corrected chi connectivity index (χ1v) is 8.29. The SMILES string of the molecule is CCCCCCCC(NC)C1CCCCC1(C)C. The van der Waals surface area contributed by atoms with E-state index >= 15 is 0 Å². The summed E-state index contributed by atoms with van der Waals surface area (Å²) in [6, 6.07) is 0.752. The Morgan fingerprint density at radius 3 is 2.44 bits per heavy atom. The smallest absolute Gasteiger partial charge is 0.00974 e. The average Bonchev–Trinajstić information content (AvgIpc) is 2.34. The Morgan fingerprint density at radius 1 is 1.11 bits per heavy atom. The molecule has 1 N–H and O–H groups in total. The Labute approximate surface area is 115 Å². The van der Waals surface area contributed by atoms with Crippen molar-refractivity contribution in [1.29, 1.82) is 0 Å². The van der Waals surface area contributed by atoms with Crippen molar-refractivity contribution in [1.82, 2.24) is 5.32 Å². The van der Waals surface area contributed by atoms with Crippen LogP contribution < -0.4 is 5.32 Å². The quantitative estimate of drug-likeness (QED) is 0.590. The molecule has 2 unspecified atom stereocenters. The van der Waals surface area contributed by atoms with Crippen LogP contribution in [0.4, 0.5) is 0 Å². The van der Waals surface area contributed by atoms with Gasteiger partial charge in [0, 0.05) is 6.04 Å². The molecule has 0 spiro atoms. The molecule has 0 heterocycles. The predicted molar refractivity (Wildman–Crippen MR) is 82.0 cm³/mol. The highest BCUT2D eigenvalue weighted by Crippen LogP contribution is 2.43. The minimum atomic E-state index is 0.551. The van der Waals surface area contributed by atoms with E-state index in [2.05, 4.69) is 33.1 Å². The van der Waals surface area contributed by atoms with Crippen molar-refractivity contribution in [2.75, 3.05) is 7.05 Å². The largest absolute Gasteiger partial charge is 0.317 e. The van der Waals surface area contributed by atoms with Crippen LogP contribution >= 0.6 is 0 Å². The van der Waals surface area contributed by atoms with Gasteiger partial charge in [0.2, 0.25) is 0 Å². The van der Waals surface area contributed by atoms with Crippen molar-refractivity contribution in [2.45, 2.75) is 91.0 Å². The van der Waals surface area contributed by atoms with Crippen LogP contribution in [0.5, 0.6) is 0 Å². The van der Waals surface area contributed by atoms with Gasteiger partial charge in [-0.15, -0.1) is 0 Å². The average molecular weight is 253 g/mol. The van der Waals surface area contributed by atoms with Crippen LogP contribution in [-0.2, 0) is 0 Å². The van der Waals surface area contributed by atoms with Crippen molar-refractivity contribution < 1.29 is 0 Å². The molecule has 18 heavy (non-hydrogen) atoms. The van der Waals surface area contributed by atoms with Crippen LogP contribution in [0.15, 0.2) is 0 Å². The molecule has 1 rings (SSSR count). The summed E-state index contributed by atoms with van der Waals surface area (Å²) < 4.78 is 0. The molecule has 1 aliphatic rings. The lowest BCUT2D eigenvalue weighted by Crippen LogP contribution is -2.43. The Bertz CT molecular complexity index is 210. The summed E-state index contributed by atoms with van der Waals surface area (Å²) in [7, 11) is 2.17. The summed E-state index contributed by atoms with van der Waals surface area (Å²) in [5, 5.41) is 3.62. The Balaban J connectivity index is 2.34. The van der Waals surface area contributed by atoms with Gasteiger partial charge in [0.25, 0.3) is 0 Å². The van der Waals surface area contributed by atoms with E-state index in [0.29, 0.717) is 5.41 Å². The third-order valence-corrected chi connectivity index (χ3v) is 5.07. The van der Waals surface area contributed by atoms with Crippen LogP contribution in [0.1, 0.15) is 85.0 Å². The number of rotatable bonds is 8. The van der Waals surface area contributed by atoms with Crippen LogP contribution in [-0.4, -0.2) is 13.1 Å². The van der Waals surface area contributed by atoms with Crippen LogP contribution in [0, 0.1) is 11.3 Å². The zero-order valence-electron chi connectivity index (χ0n) is 13.2. The summed E-state index contributed by atoms with van der Waals surface area (Å²) >= 11 is 0. The Morgan fingerprint density at radius 2 is 1.83 bits per heavy atom. The molecule has 2 atom stereocenters. The van der Waals surface area contributed by atoms with Crippen molar-refractivity contribution in [3.63, 3.8) is 0 Å². The molecule has 1 aliphatic carbocycles. The summed E-state index contributed by atoms with van der Waals surface area (Å²) in [4.78, 5) is 0. The van der Waals surface area contributed by atoms with Gasteiger partial charge >= 0.3 is 0 Å². The fraction of sp³-hybridized carbons (Fsp3) is 1.00. The standard InChI is InChI=1S/C17H35N/c1-5-6-7-8-9-13-16(18-4)15-12-10-11-14-17(15,2)3/h15-16,18H,5-14H2,1-4H3. The number of hydrogen-bond acceptors (Lipinski definition) is 1. The summed E-state index contributed by atoms with van der Waals surface area (Å²) in [6.45, 7) is 7.26. The third kappa shape index (κ3) is 4.91. The second kappa shape index (κ2) is 8.19. The van der Waals surface area contributed by atoms with Gasteiger partial charge < -0.3 is 5.32 Å². The molecule has 0 aromatic carbocycles. The molecule has 0 aromatic heterocycles. The summed E-state index contributed by atoms with van der Waals surface area (Å²) in [5.74, 6) is 0.891. The monoisotopic (exact) mass is 253 g/mol. The molecule has 1 saturated carbocycles. The van der Waals surface area contributed by atoms with Crippen molar-refractivity contribution >= 4 is 0 Å². The lowest BCUT2D eigenvalue weighted by Gasteiger charge is -2.43. The Hall–Kier alpha value is -0.0400. The van der Waals surface area contributed by atoms with E-state index in [9.17, 15) is 0 Å². The van der Waals surface area contributed by atoms with Gasteiger partial charge in [-0.05, 0) is 37.6 Å². The lowest BCUT2D eigenvalue weighted by atomic mass is 9.65. The third-order valence-electron chi connectivity index (χ3n) is 5.07. The second-order valence-electron chi connectivity index (χ2n) is 6.94. The van der Waals surface area contributed by atoms with E-state index in [1.165, 1.54) is 64.2 Å². The molecule has 108 valence electrons. The van der Waals surface area contributed by atoms with Gasteiger partial charge in [-0.2, -0.15) is 0 Å². The van der Waals surface area contributed by atoms with Crippen LogP contribution in [0.2, 0.25) is 0 Å². The number of nitrogens with one attached hydrogen (secondary N) is 1. The molecule has 0 saturated heterocycles. The van der Waals surface area contributed by atoms with Crippen molar-refractivity contribution in [2.24, 2.45) is 11.3 Å². The van der Waals surface area contributed by atoms with Crippen molar-refractivity contribution in [3.05, 3.63) is 0 Å². The van der Waals surface area contributed by atoms with Gasteiger partial charge in [0.15, 0.2) is 0 Å². The number of hydrogen-bond donors (Lipinski definition) is 1. The maximum atomic E-state index is 3.62. The van der Waals surface area contributed by atoms with Crippen molar-refractivity contribution in [3.8, 4) is 0 Å². The molecule has 0 radical (unpaired) electrons. The molecule has 1 nitrogen and oxygen atoms in total. The highest BCUT2D eigenvalue weighted by Gasteiger charge is 2.36. The van der Waals surface area contributed by atoms with E-state index < -0.39 is 0 Å². The fourth-order valence-electron chi connectivity index (χ4n) is 3.78. The van der Waals surface area contributed by atoms with E-state index in [1.54, 1.807) is 0 Å². The molecule has 0 bridgehead atoms. The molecule has 0 aromatic rings. The highest BCUT2D eigenvalue weighted by molar-refractivity contribution is 4.89. The van der Waals surface area contributed by atoms with E-state index in [1.807, 2.05) is 0 Å². The van der Waals surface area contributed by atoms with Gasteiger partial charge in [0.05, 0.1) is 0 Å². The van der Waals surface area contributed by atoms with Crippen LogP contribution in [0.25, 0.3) is 0 Å². The maximum absolute atomic E-state index is 3.62. The summed E-state index contributed by atoms with van der Waals surface area (Å²) in [6.07, 6.45) is 14.2. The normalized spacial score (nSPS) is 25.0. The van der Waals surface area contributed by atoms with E-state index in [4.69, 9.17) is 0 Å². The maximum Gasteiger partial charge on any atom is 0.00974 e. The molecule has 0 amide bonds. The first-order chi connectivity index (χ1) is 8.61. The molecule has 0 aliphatic heterocycles. The lowest BCUT2D eigenvalue weighted by molar-refractivity contribution is 0.0966. The molecule has 1 heteroatoms. The zero-order valence-corrected chi connectivity index (χ0v) is 13.2. The minimum Gasteiger partial charge on any atom is -0.317 e. The van der Waals surface area contributed by atoms with Gasteiger partial charge in [-0.1, -0.05) is 65.7 Å². The highest BCUT2D eigenvalue weighted by atomic mass is 14.9. The summed E-state index contributed by atoms with van der Waals surface area (Å²) in [5.41, 5.74) is 0.551. The fourth-order valence-corrected chi connectivity index (χ4v) is 3.78. The molecular formula is C17H35N. The number of unbranched alkanes of at least 4 members (excludes halogenated alkanes) is 4. The predicted octanol–water partition coefficient (Wildman–Crippen LogP) is 5.15. The topological polar surface area (TPSA) is 12.0 Å². The first kappa shape index (κ1) is 16.0. The second-order valence-corrected chi connectivity index (χ2v) is 6.94. The van der Waals surface area contributed by atoms with E-state index in [0.717, 1.165) is 12.0 Å². The van der Waals surface area contributed by atoms with E-state index in [-0.39, 0.29) is 0 Å². The van der Waals surface area contributed by atoms with Gasteiger partial charge in [-0.25, -0.2) is 0 Å². The van der Waals surface area contributed by atoms with Crippen LogP contribution in [0.3, 0.4) is 0 Å². The zero-order chi connectivity index (χ0) is 13.4. The molecular weight excluding hydrogens is 218 g/mol. The molecule has 1 fully saturated rings. The Kier molecular flexibility index (Phi) is 7.29.